The van der Waals surface area contributed by atoms with Gasteiger partial charge in [0.15, 0.2) is 0 Å². The van der Waals surface area contributed by atoms with Gasteiger partial charge in [-0.3, -0.25) is 9.78 Å². The molecule has 0 unspecified atom stereocenters. The van der Waals surface area contributed by atoms with Crippen molar-refractivity contribution in [2.75, 3.05) is 0 Å². The van der Waals surface area contributed by atoms with Crippen LogP contribution in [-0.4, -0.2) is 15.0 Å². The van der Waals surface area contributed by atoms with Gasteiger partial charge in [-0.25, -0.2) is 4.98 Å². The maximum absolute atomic E-state index is 11.4. The zero-order valence-corrected chi connectivity index (χ0v) is 7.64. The third kappa shape index (κ3) is 1.74. The lowest BCUT2D eigenvalue weighted by atomic mass is 10.1. The molecule has 2 aromatic rings. The Morgan fingerprint density at radius 1 is 1.27 bits per heavy atom. The van der Waals surface area contributed by atoms with Crippen LogP contribution in [0.25, 0.3) is 11.1 Å². The Morgan fingerprint density at radius 2 is 2.13 bits per heavy atom. The van der Waals surface area contributed by atoms with Crippen molar-refractivity contribution in [2.45, 2.75) is 0 Å². The maximum atomic E-state index is 11.4. The van der Waals surface area contributed by atoms with Crippen LogP contribution < -0.4 is 5.56 Å². The second kappa shape index (κ2) is 3.72. The van der Waals surface area contributed by atoms with Crippen molar-refractivity contribution >= 4 is 0 Å². The first-order valence-electron chi connectivity index (χ1n) is 4.19. The number of rotatable bonds is 1. The fraction of sp³-hybridized carbons (Fsp3) is 0. The summed E-state index contributed by atoms with van der Waals surface area (Å²) in [7, 11) is 0. The highest BCUT2D eigenvalue weighted by atomic mass is 16.1. The van der Waals surface area contributed by atoms with Gasteiger partial charge in [0.1, 0.15) is 6.07 Å². The quantitative estimate of drug-likeness (QED) is 0.731. The molecule has 15 heavy (non-hydrogen) atoms. The molecule has 0 radical (unpaired) electrons. The average Bonchev–Trinajstić information content (AvgIpc) is 2.30. The summed E-state index contributed by atoms with van der Waals surface area (Å²) in [5.41, 5.74) is 1.16. The third-order valence-electron chi connectivity index (χ3n) is 1.90. The van der Waals surface area contributed by atoms with E-state index in [2.05, 4.69) is 15.0 Å². The number of hydrogen-bond donors (Lipinski definition) is 1. The first-order chi connectivity index (χ1) is 7.31. The molecule has 5 nitrogen and oxygen atoms in total. The molecular weight excluding hydrogens is 192 g/mol. The van der Waals surface area contributed by atoms with Gasteiger partial charge in [0, 0.05) is 24.2 Å². The zero-order chi connectivity index (χ0) is 10.7. The summed E-state index contributed by atoms with van der Waals surface area (Å²) in [5.74, 6) is 0. The SMILES string of the molecule is N#Cc1cncc(-c2cnc[nH]c2=O)c1. The number of nitrogens with one attached hydrogen (secondary N) is 1. The molecule has 5 heteroatoms. The van der Waals surface area contributed by atoms with Crippen molar-refractivity contribution in [1.82, 2.24) is 15.0 Å². The van der Waals surface area contributed by atoms with E-state index in [1.54, 1.807) is 6.07 Å². The Labute approximate surface area is 85.1 Å². The smallest absolute Gasteiger partial charge is 0.258 e. The summed E-state index contributed by atoms with van der Waals surface area (Å²) in [6.45, 7) is 0. The van der Waals surface area contributed by atoms with E-state index in [1.807, 2.05) is 6.07 Å². The van der Waals surface area contributed by atoms with Gasteiger partial charge in [-0.2, -0.15) is 5.26 Å². The van der Waals surface area contributed by atoms with Gasteiger partial charge < -0.3 is 4.98 Å². The Hall–Kier alpha value is -2.48. The van der Waals surface area contributed by atoms with Crippen molar-refractivity contribution in [3.8, 4) is 17.2 Å². The number of H-pyrrole nitrogens is 1. The van der Waals surface area contributed by atoms with Gasteiger partial charge in [-0.05, 0) is 6.07 Å². The van der Waals surface area contributed by atoms with Crippen LogP contribution in [0, 0.1) is 11.3 Å². The van der Waals surface area contributed by atoms with E-state index in [1.165, 1.54) is 24.9 Å². The molecule has 0 aromatic carbocycles. The van der Waals surface area contributed by atoms with Gasteiger partial charge in [-0.15, -0.1) is 0 Å². The van der Waals surface area contributed by atoms with Crippen LogP contribution in [-0.2, 0) is 0 Å². The summed E-state index contributed by atoms with van der Waals surface area (Å²) >= 11 is 0. The van der Waals surface area contributed by atoms with Crippen molar-refractivity contribution in [1.29, 1.82) is 5.26 Å². The van der Waals surface area contributed by atoms with Gasteiger partial charge in [0.2, 0.25) is 0 Å². The molecular formula is C10H6N4O. The van der Waals surface area contributed by atoms with Gasteiger partial charge in [-0.1, -0.05) is 0 Å². The fourth-order valence-electron chi connectivity index (χ4n) is 1.20. The Morgan fingerprint density at radius 3 is 2.87 bits per heavy atom. The molecule has 0 atom stereocenters. The van der Waals surface area contributed by atoms with E-state index in [0.717, 1.165) is 0 Å². The maximum Gasteiger partial charge on any atom is 0.258 e. The Kier molecular flexibility index (Phi) is 2.25. The molecule has 1 N–H and O–H groups in total. The molecule has 2 rings (SSSR count). The first kappa shape index (κ1) is 9.09. The summed E-state index contributed by atoms with van der Waals surface area (Å²) in [6.07, 6.45) is 5.71. The lowest BCUT2D eigenvalue weighted by Gasteiger charge is -1.98. The molecule has 0 aliphatic heterocycles. The highest BCUT2D eigenvalue weighted by Gasteiger charge is 2.03. The van der Waals surface area contributed by atoms with Crippen molar-refractivity contribution in [3.63, 3.8) is 0 Å². The molecule has 2 aromatic heterocycles. The molecule has 0 saturated carbocycles. The normalized spacial score (nSPS) is 9.53. The molecule has 2 heterocycles. The number of hydrogen-bond acceptors (Lipinski definition) is 4. The van der Waals surface area contributed by atoms with Crippen molar-refractivity contribution in [3.05, 3.63) is 46.9 Å². The van der Waals surface area contributed by atoms with E-state index in [-0.39, 0.29) is 5.56 Å². The van der Waals surface area contributed by atoms with E-state index in [9.17, 15) is 4.79 Å². The first-order valence-corrected chi connectivity index (χ1v) is 4.19. The average molecular weight is 198 g/mol. The van der Waals surface area contributed by atoms with E-state index in [0.29, 0.717) is 16.7 Å². The molecule has 0 amide bonds. The van der Waals surface area contributed by atoms with Crippen LogP contribution in [0.4, 0.5) is 0 Å². The van der Waals surface area contributed by atoms with Crippen LogP contribution in [0.2, 0.25) is 0 Å². The summed E-state index contributed by atoms with van der Waals surface area (Å²) in [4.78, 5) is 21.6. The minimum atomic E-state index is -0.248. The van der Waals surface area contributed by atoms with Gasteiger partial charge in [0.05, 0.1) is 17.5 Å². The number of pyridine rings is 1. The molecule has 0 fully saturated rings. The minimum Gasteiger partial charge on any atom is -0.313 e. The minimum absolute atomic E-state index is 0.248. The molecule has 0 saturated heterocycles. The Bertz CT molecular complexity index is 582. The predicted octanol–water partition coefficient (Wildman–Crippen LogP) is 0.704. The third-order valence-corrected chi connectivity index (χ3v) is 1.90. The van der Waals surface area contributed by atoms with Crippen LogP contribution in [0.3, 0.4) is 0 Å². The number of nitriles is 1. The second-order valence-corrected chi connectivity index (χ2v) is 2.87. The van der Waals surface area contributed by atoms with E-state index < -0.39 is 0 Å². The van der Waals surface area contributed by atoms with Crippen LogP contribution in [0.1, 0.15) is 5.56 Å². The monoisotopic (exact) mass is 198 g/mol. The van der Waals surface area contributed by atoms with Gasteiger partial charge in [0.25, 0.3) is 5.56 Å². The van der Waals surface area contributed by atoms with Crippen LogP contribution >= 0.6 is 0 Å². The summed E-state index contributed by atoms with van der Waals surface area (Å²) in [6, 6.07) is 3.56. The molecule has 0 bridgehead atoms. The summed E-state index contributed by atoms with van der Waals surface area (Å²) < 4.78 is 0. The van der Waals surface area contributed by atoms with Crippen molar-refractivity contribution in [2.24, 2.45) is 0 Å². The highest BCUT2D eigenvalue weighted by molar-refractivity contribution is 5.61. The van der Waals surface area contributed by atoms with Gasteiger partial charge >= 0.3 is 0 Å². The topological polar surface area (TPSA) is 82.4 Å². The lowest BCUT2D eigenvalue weighted by molar-refractivity contribution is 1.12. The lowest BCUT2D eigenvalue weighted by Crippen LogP contribution is -2.08. The predicted molar refractivity (Wildman–Crippen MR) is 52.8 cm³/mol. The van der Waals surface area contributed by atoms with E-state index in [4.69, 9.17) is 5.26 Å². The highest BCUT2D eigenvalue weighted by Crippen LogP contribution is 2.13. The molecule has 0 spiro atoms. The van der Waals surface area contributed by atoms with Crippen LogP contribution in [0.5, 0.6) is 0 Å². The second-order valence-electron chi connectivity index (χ2n) is 2.87. The number of nitrogens with zero attached hydrogens (tertiary/aromatic N) is 3. The van der Waals surface area contributed by atoms with Crippen LogP contribution in [0.15, 0.2) is 35.8 Å². The number of aromatic amines is 1. The van der Waals surface area contributed by atoms with Crippen molar-refractivity contribution < 1.29 is 0 Å². The molecule has 0 aliphatic rings. The molecule has 0 aliphatic carbocycles. The summed E-state index contributed by atoms with van der Waals surface area (Å²) in [5, 5.41) is 8.69. The Balaban J connectivity index is 2.61. The largest absolute Gasteiger partial charge is 0.313 e. The molecule has 72 valence electrons. The standard InChI is InChI=1S/C10H6N4O/c11-2-7-1-8(4-12-3-7)9-5-13-6-14-10(9)15/h1,3-6H,(H,13,14,15). The zero-order valence-electron chi connectivity index (χ0n) is 7.64. The fourth-order valence-corrected chi connectivity index (χ4v) is 1.20. The van der Waals surface area contributed by atoms with E-state index >= 15 is 0 Å². The number of aromatic nitrogens is 3.